The van der Waals surface area contributed by atoms with Crippen molar-refractivity contribution >= 4 is 29.0 Å². The number of para-hydroxylation sites is 1. The Morgan fingerprint density at radius 1 is 1.26 bits per heavy atom. The van der Waals surface area contributed by atoms with Gasteiger partial charge in [0.2, 0.25) is 0 Å². The summed E-state index contributed by atoms with van der Waals surface area (Å²) in [6.45, 7) is 0. The molecule has 0 saturated heterocycles. The van der Waals surface area contributed by atoms with E-state index in [0.717, 1.165) is 0 Å². The Hall–Kier alpha value is -2.37. The molecule has 0 unspecified atom stereocenters. The van der Waals surface area contributed by atoms with Crippen LogP contribution in [0.3, 0.4) is 0 Å². The van der Waals surface area contributed by atoms with Crippen molar-refractivity contribution in [2.75, 3.05) is 11.9 Å². The molecule has 0 radical (unpaired) electrons. The van der Waals surface area contributed by atoms with E-state index in [1.165, 1.54) is 30.1 Å². The maximum Gasteiger partial charge on any atom is 0.263 e. The molecule has 118 valence electrons. The Morgan fingerprint density at radius 2 is 1.96 bits per heavy atom. The highest BCUT2D eigenvalue weighted by Crippen LogP contribution is 2.43. The first-order valence-corrected chi connectivity index (χ1v) is 7.34. The number of aromatic hydroxyl groups is 1. The number of fused-ring (bicyclic) bond motifs is 1. The normalized spacial score (nSPS) is 19.8. The van der Waals surface area contributed by atoms with Gasteiger partial charge in [-0.15, -0.1) is 0 Å². The van der Waals surface area contributed by atoms with Crippen LogP contribution in [0.15, 0.2) is 42.5 Å². The van der Waals surface area contributed by atoms with E-state index in [0.29, 0.717) is 16.3 Å². The molecular weight excluding hydrogens is 318 g/mol. The molecule has 0 aliphatic carbocycles. The van der Waals surface area contributed by atoms with E-state index in [-0.39, 0.29) is 11.3 Å². The van der Waals surface area contributed by atoms with Gasteiger partial charge in [0.15, 0.2) is 11.4 Å². The largest absolute Gasteiger partial charge is 0.507 e. The molecule has 2 aromatic carbocycles. The maximum atomic E-state index is 12.5. The lowest BCUT2D eigenvalue weighted by molar-refractivity contribution is -0.135. The average Bonchev–Trinajstić information content (AvgIpc) is 2.69. The van der Waals surface area contributed by atoms with Crippen molar-refractivity contribution in [1.29, 1.82) is 0 Å². The number of phenols is 1. The Kier molecular flexibility index (Phi) is 3.62. The van der Waals surface area contributed by atoms with Gasteiger partial charge in [-0.1, -0.05) is 23.7 Å². The third-order valence-corrected chi connectivity index (χ3v) is 4.28. The lowest BCUT2D eigenvalue weighted by atomic mass is 9.88. The van der Waals surface area contributed by atoms with Gasteiger partial charge in [0.1, 0.15) is 5.75 Å². The van der Waals surface area contributed by atoms with Crippen molar-refractivity contribution in [3.8, 4) is 5.75 Å². The van der Waals surface area contributed by atoms with Crippen molar-refractivity contribution in [1.82, 2.24) is 0 Å². The molecule has 23 heavy (non-hydrogen) atoms. The maximum absolute atomic E-state index is 12.5. The summed E-state index contributed by atoms with van der Waals surface area (Å²) in [5.41, 5.74) is -1.13. The number of ketones is 1. The summed E-state index contributed by atoms with van der Waals surface area (Å²) in [4.78, 5) is 26.2. The van der Waals surface area contributed by atoms with Gasteiger partial charge in [0.25, 0.3) is 5.91 Å². The highest BCUT2D eigenvalue weighted by atomic mass is 35.5. The fourth-order valence-electron chi connectivity index (χ4n) is 2.84. The highest BCUT2D eigenvalue weighted by molar-refractivity contribution is 6.31. The first kappa shape index (κ1) is 15.5. The summed E-state index contributed by atoms with van der Waals surface area (Å²) in [7, 11) is 1.53. The number of benzene rings is 2. The molecule has 0 fully saturated rings. The number of aliphatic hydroxyl groups is 1. The van der Waals surface area contributed by atoms with Crippen LogP contribution in [0.2, 0.25) is 5.02 Å². The summed E-state index contributed by atoms with van der Waals surface area (Å²) >= 11 is 5.96. The second kappa shape index (κ2) is 5.37. The Balaban J connectivity index is 2.03. The van der Waals surface area contributed by atoms with Gasteiger partial charge in [0.05, 0.1) is 17.7 Å². The predicted molar refractivity (Wildman–Crippen MR) is 85.8 cm³/mol. The summed E-state index contributed by atoms with van der Waals surface area (Å²) in [6.07, 6.45) is -0.471. The van der Waals surface area contributed by atoms with Crippen molar-refractivity contribution in [3.05, 3.63) is 58.6 Å². The number of anilines is 1. The summed E-state index contributed by atoms with van der Waals surface area (Å²) < 4.78 is 0. The van der Waals surface area contributed by atoms with Crippen molar-refractivity contribution < 1.29 is 19.8 Å². The molecule has 5 nitrogen and oxygen atoms in total. The second-order valence-corrected chi connectivity index (χ2v) is 5.94. The number of Topliss-reactive ketones (excluding diaryl/α,β-unsaturated/α-hetero) is 1. The monoisotopic (exact) mass is 331 g/mol. The molecule has 1 aliphatic rings. The lowest BCUT2D eigenvalue weighted by Crippen LogP contribution is -2.40. The number of rotatable bonds is 3. The standard InChI is InChI=1S/C17H14ClNO4/c1-19-13-7-6-10(18)8-12(13)17(23,16(19)22)9-15(21)11-4-2-3-5-14(11)20/h2-8,20,23H,9H2,1H3/t17-/m1/s1. The van der Waals surface area contributed by atoms with Gasteiger partial charge in [-0.3, -0.25) is 9.59 Å². The zero-order valence-electron chi connectivity index (χ0n) is 12.3. The Labute approximate surface area is 137 Å². The number of halogens is 1. The van der Waals surface area contributed by atoms with Crippen LogP contribution in [0, 0.1) is 0 Å². The number of phenolic OH excluding ortho intramolecular Hbond substituents is 1. The number of likely N-dealkylation sites (N-methyl/N-ethyl adjacent to an activating group) is 1. The fourth-order valence-corrected chi connectivity index (χ4v) is 3.01. The molecule has 0 bridgehead atoms. The number of amides is 1. The third kappa shape index (κ3) is 2.38. The molecule has 1 atom stereocenters. The van der Waals surface area contributed by atoms with E-state index in [1.807, 2.05) is 0 Å². The minimum Gasteiger partial charge on any atom is -0.507 e. The van der Waals surface area contributed by atoms with Gasteiger partial charge in [0, 0.05) is 17.6 Å². The topological polar surface area (TPSA) is 77.8 Å². The van der Waals surface area contributed by atoms with Crippen LogP contribution in [-0.2, 0) is 10.4 Å². The van der Waals surface area contributed by atoms with Crippen molar-refractivity contribution in [2.24, 2.45) is 0 Å². The molecule has 6 heteroatoms. The first-order valence-electron chi connectivity index (χ1n) is 6.96. The number of hydrogen-bond donors (Lipinski definition) is 2. The van der Waals surface area contributed by atoms with Crippen LogP contribution in [0.4, 0.5) is 5.69 Å². The van der Waals surface area contributed by atoms with Crippen LogP contribution in [0.1, 0.15) is 22.3 Å². The van der Waals surface area contributed by atoms with E-state index in [1.54, 1.807) is 24.3 Å². The van der Waals surface area contributed by atoms with Gasteiger partial charge in [-0.25, -0.2) is 0 Å². The van der Waals surface area contributed by atoms with E-state index >= 15 is 0 Å². The molecular formula is C17H14ClNO4. The van der Waals surface area contributed by atoms with E-state index in [9.17, 15) is 19.8 Å². The quantitative estimate of drug-likeness (QED) is 0.847. The summed E-state index contributed by atoms with van der Waals surface area (Å²) in [5.74, 6) is -1.31. The smallest absolute Gasteiger partial charge is 0.263 e. The van der Waals surface area contributed by atoms with E-state index < -0.39 is 23.7 Å². The van der Waals surface area contributed by atoms with Crippen molar-refractivity contribution in [3.63, 3.8) is 0 Å². The van der Waals surface area contributed by atoms with Gasteiger partial charge >= 0.3 is 0 Å². The SMILES string of the molecule is CN1C(=O)[C@@](O)(CC(=O)c2ccccc2O)c2cc(Cl)ccc21. The highest BCUT2D eigenvalue weighted by Gasteiger charge is 2.50. The zero-order valence-corrected chi connectivity index (χ0v) is 13.0. The summed E-state index contributed by atoms with van der Waals surface area (Å²) in [6, 6.07) is 10.7. The fraction of sp³-hybridized carbons (Fsp3) is 0.176. The average molecular weight is 332 g/mol. The number of hydrogen-bond acceptors (Lipinski definition) is 4. The van der Waals surface area contributed by atoms with E-state index in [4.69, 9.17) is 11.6 Å². The molecule has 1 aliphatic heterocycles. The summed E-state index contributed by atoms with van der Waals surface area (Å²) in [5, 5.41) is 21.0. The zero-order chi connectivity index (χ0) is 16.8. The number of carbonyl (C=O) groups is 2. The molecule has 2 N–H and O–H groups in total. The lowest BCUT2D eigenvalue weighted by Gasteiger charge is -2.21. The second-order valence-electron chi connectivity index (χ2n) is 5.50. The third-order valence-electron chi connectivity index (χ3n) is 4.04. The molecule has 0 spiro atoms. The van der Waals surface area contributed by atoms with Crippen LogP contribution in [0.5, 0.6) is 5.75 Å². The minimum absolute atomic E-state index is 0.0619. The predicted octanol–water partition coefficient (Wildman–Crippen LogP) is 2.48. The van der Waals surface area contributed by atoms with Gasteiger partial charge < -0.3 is 15.1 Å². The molecule has 0 saturated carbocycles. The van der Waals surface area contributed by atoms with Crippen LogP contribution in [-0.4, -0.2) is 29.0 Å². The van der Waals surface area contributed by atoms with Crippen molar-refractivity contribution in [2.45, 2.75) is 12.0 Å². The Morgan fingerprint density at radius 3 is 2.65 bits per heavy atom. The molecule has 1 amide bonds. The minimum atomic E-state index is -1.99. The van der Waals surface area contributed by atoms with Crippen LogP contribution >= 0.6 is 11.6 Å². The number of nitrogens with zero attached hydrogens (tertiary/aromatic N) is 1. The molecule has 1 heterocycles. The number of carbonyl (C=O) groups excluding carboxylic acids is 2. The van der Waals surface area contributed by atoms with Gasteiger partial charge in [-0.05, 0) is 30.3 Å². The molecule has 2 aromatic rings. The van der Waals surface area contributed by atoms with Crippen LogP contribution < -0.4 is 4.90 Å². The first-order chi connectivity index (χ1) is 10.8. The van der Waals surface area contributed by atoms with Crippen LogP contribution in [0.25, 0.3) is 0 Å². The van der Waals surface area contributed by atoms with E-state index in [2.05, 4.69) is 0 Å². The molecule has 0 aromatic heterocycles. The van der Waals surface area contributed by atoms with Gasteiger partial charge in [-0.2, -0.15) is 0 Å². The Bertz CT molecular complexity index is 820. The molecule has 3 rings (SSSR count).